The van der Waals surface area contributed by atoms with Gasteiger partial charge in [-0.2, -0.15) is 0 Å². The normalized spacial score (nSPS) is 24.8. The average Bonchev–Trinajstić information content (AvgIpc) is 2.64. The maximum Gasteiger partial charge on any atom is 0.0407 e. The molecule has 0 aliphatic heterocycles. The Morgan fingerprint density at radius 3 is 2.72 bits per heavy atom. The molecule has 1 fully saturated rings. The SMILES string of the molecule is CCc1ccc(CC2CCCCCC2NC)nc1. The number of aryl methyl sites for hydroxylation is 1. The molecule has 1 aromatic heterocycles. The second-order valence-corrected chi connectivity index (χ2v) is 5.51. The van der Waals surface area contributed by atoms with Gasteiger partial charge in [-0.25, -0.2) is 0 Å². The molecule has 0 bridgehead atoms. The summed E-state index contributed by atoms with van der Waals surface area (Å²) in [6.45, 7) is 2.18. The maximum absolute atomic E-state index is 4.62. The van der Waals surface area contributed by atoms with E-state index in [1.165, 1.54) is 43.4 Å². The molecule has 0 aromatic carbocycles. The van der Waals surface area contributed by atoms with Gasteiger partial charge >= 0.3 is 0 Å². The van der Waals surface area contributed by atoms with E-state index in [0.717, 1.165) is 18.8 Å². The molecule has 1 aromatic rings. The van der Waals surface area contributed by atoms with E-state index in [2.05, 4.69) is 36.4 Å². The summed E-state index contributed by atoms with van der Waals surface area (Å²) in [6, 6.07) is 5.13. The number of pyridine rings is 1. The number of hydrogen-bond acceptors (Lipinski definition) is 2. The van der Waals surface area contributed by atoms with Crippen LogP contribution < -0.4 is 5.32 Å². The molecule has 1 aliphatic carbocycles. The zero-order valence-corrected chi connectivity index (χ0v) is 11.8. The Morgan fingerprint density at radius 1 is 1.22 bits per heavy atom. The summed E-state index contributed by atoms with van der Waals surface area (Å²) in [5.74, 6) is 0.762. The highest BCUT2D eigenvalue weighted by atomic mass is 14.9. The minimum absolute atomic E-state index is 0.681. The molecule has 1 heterocycles. The lowest BCUT2D eigenvalue weighted by atomic mass is 9.90. The van der Waals surface area contributed by atoms with E-state index in [0.29, 0.717) is 6.04 Å². The lowest BCUT2D eigenvalue weighted by Crippen LogP contribution is -2.34. The van der Waals surface area contributed by atoms with E-state index >= 15 is 0 Å². The minimum Gasteiger partial charge on any atom is -0.317 e. The third-order valence-corrected chi connectivity index (χ3v) is 4.30. The largest absolute Gasteiger partial charge is 0.317 e. The number of hydrogen-bond donors (Lipinski definition) is 1. The van der Waals surface area contributed by atoms with Gasteiger partial charge in [-0.1, -0.05) is 32.3 Å². The highest BCUT2D eigenvalue weighted by molar-refractivity contribution is 5.14. The van der Waals surface area contributed by atoms with E-state index in [9.17, 15) is 0 Å². The van der Waals surface area contributed by atoms with Crippen LogP contribution in [0.3, 0.4) is 0 Å². The van der Waals surface area contributed by atoms with Gasteiger partial charge < -0.3 is 5.32 Å². The van der Waals surface area contributed by atoms with E-state index < -0.39 is 0 Å². The van der Waals surface area contributed by atoms with Crippen molar-refractivity contribution in [3.05, 3.63) is 29.6 Å². The van der Waals surface area contributed by atoms with Crippen molar-refractivity contribution < 1.29 is 0 Å². The van der Waals surface area contributed by atoms with Crippen molar-refractivity contribution in [3.63, 3.8) is 0 Å². The molecule has 0 saturated heterocycles. The Bertz CT molecular complexity index is 345. The Kier molecular flexibility index (Phi) is 5.18. The molecule has 2 unspecified atom stereocenters. The molecular formula is C16H26N2. The molecule has 1 saturated carbocycles. The highest BCUT2D eigenvalue weighted by Crippen LogP contribution is 2.26. The Labute approximate surface area is 111 Å². The fourth-order valence-electron chi connectivity index (χ4n) is 3.06. The van der Waals surface area contributed by atoms with Gasteiger partial charge in [0.25, 0.3) is 0 Å². The Morgan fingerprint density at radius 2 is 2.06 bits per heavy atom. The third kappa shape index (κ3) is 3.55. The van der Waals surface area contributed by atoms with E-state index in [-0.39, 0.29) is 0 Å². The van der Waals surface area contributed by atoms with Gasteiger partial charge in [0.1, 0.15) is 0 Å². The quantitative estimate of drug-likeness (QED) is 0.824. The predicted molar refractivity (Wildman–Crippen MR) is 76.7 cm³/mol. The van der Waals surface area contributed by atoms with Crippen LogP contribution in [0.4, 0.5) is 0 Å². The number of rotatable bonds is 4. The van der Waals surface area contributed by atoms with Crippen LogP contribution >= 0.6 is 0 Å². The summed E-state index contributed by atoms with van der Waals surface area (Å²) in [5, 5.41) is 3.51. The first kappa shape index (κ1) is 13.5. The predicted octanol–water partition coefficient (Wildman–Crippen LogP) is 3.35. The first-order chi connectivity index (χ1) is 8.83. The van der Waals surface area contributed by atoms with Crippen LogP contribution in [0.1, 0.15) is 50.3 Å². The van der Waals surface area contributed by atoms with Gasteiger partial charge in [0.05, 0.1) is 0 Å². The second kappa shape index (κ2) is 6.89. The molecule has 100 valence electrons. The third-order valence-electron chi connectivity index (χ3n) is 4.30. The highest BCUT2D eigenvalue weighted by Gasteiger charge is 2.22. The molecule has 2 rings (SSSR count). The minimum atomic E-state index is 0.681. The monoisotopic (exact) mass is 246 g/mol. The smallest absolute Gasteiger partial charge is 0.0407 e. The van der Waals surface area contributed by atoms with Crippen LogP contribution in [-0.2, 0) is 12.8 Å². The van der Waals surface area contributed by atoms with Crippen LogP contribution in [0.2, 0.25) is 0 Å². The van der Waals surface area contributed by atoms with Crippen LogP contribution in [0.5, 0.6) is 0 Å². The molecule has 1 aliphatic rings. The van der Waals surface area contributed by atoms with Gasteiger partial charge in [0.2, 0.25) is 0 Å². The first-order valence-corrected chi connectivity index (χ1v) is 7.44. The summed E-state index contributed by atoms with van der Waals surface area (Å²) in [7, 11) is 2.11. The molecule has 0 radical (unpaired) electrons. The van der Waals surface area contributed by atoms with Crippen molar-refractivity contribution in [1.29, 1.82) is 0 Å². The topological polar surface area (TPSA) is 24.9 Å². The van der Waals surface area contributed by atoms with Gasteiger partial charge in [-0.3, -0.25) is 4.98 Å². The molecular weight excluding hydrogens is 220 g/mol. The van der Waals surface area contributed by atoms with Gasteiger partial charge in [0, 0.05) is 17.9 Å². The fraction of sp³-hybridized carbons (Fsp3) is 0.688. The van der Waals surface area contributed by atoms with Crippen LogP contribution in [0.25, 0.3) is 0 Å². The Hall–Kier alpha value is -0.890. The number of nitrogens with zero attached hydrogens (tertiary/aromatic N) is 1. The van der Waals surface area contributed by atoms with Gasteiger partial charge in [0.15, 0.2) is 0 Å². The number of aromatic nitrogens is 1. The van der Waals surface area contributed by atoms with Crippen molar-refractivity contribution in [1.82, 2.24) is 10.3 Å². The van der Waals surface area contributed by atoms with Crippen molar-refractivity contribution in [3.8, 4) is 0 Å². The molecule has 0 amide bonds. The lowest BCUT2D eigenvalue weighted by molar-refractivity contribution is 0.347. The fourth-order valence-corrected chi connectivity index (χ4v) is 3.06. The Balaban J connectivity index is 2.00. The zero-order valence-electron chi connectivity index (χ0n) is 11.8. The van der Waals surface area contributed by atoms with Crippen molar-refractivity contribution in [2.45, 2.75) is 57.9 Å². The van der Waals surface area contributed by atoms with Gasteiger partial charge in [-0.15, -0.1) is 0 Å². The van der Waals surface area contributed by atoms with E-state index in [4.69, 9.17) is 0 Å². The van der Waals surface area contributed by atoms with Crippen molar-refractivity contribution in [2.75, 3.05) is 7.05 Å². The molecule has 1 N–H and O–H groups in total. The van der Waals surface area contributed by atoms with Crippen molar-refractivity contribution in [2.24, 2.45) is 5.92 Å². The summed E-state index contributed by atoms with van der Waals surface area (Å²) in [6.07, 6.45) is 11.1. The molecule has 18 heavy (non-hydrogen) atoms. The number of nitrogens with one attached hydrogen (secondary N) is 1. The average molecular weight is 246 g/mol. The summed E-state index contributed by atoms with van der Waals surface area (Å²) < 4.78 is 0. The second-order valence-electron chi connectivity index (χ2n) is 5.51. The summed E-state index contributed by atoms with van der Waals surface area (Å²) in [4.78, 5) is 4.62. The first-order valence-electron chi connectivity index (χ1n) is 7.44. The molecule has 2 heteroatoms. The van der Waals surface area contributed by atoms with Gasteiger partial charge in [-0.05, 0) is 50.3 Å². The lowest BCUT2D eigenvalue weighted by Gasteiger charge is -2.24. The van der Waals surface area contributed by atoms with Crippen LogP contribution in [0, 0.1) is 5.92 Å². The molecule has 2 nitrogen and oxygen atoms in total. The molecule has 0 spiro atoms. The molecule has 2 atom stereocenters. The zero-order chi connectivity index (χ0) is 12.8. The summed E-state index contributed by atoms with van der Waals surface area (Å²) >= 11 is 0. The maximum atomic E-state index is 4.62. The van der Waals surface area contributed by atoms with E-state index in [1.807, 2.05) is 6.20 Å². The van der Waals surface area contributed by atoms with E-state index in [1.54, 1.807) is 0 Å². The standard InChI is InChI=1S/C16H26N2/c1-3-13-9-10-15(18-12-13)11-14-7-5-4-6-8-16(14)17-2/h9-10,12,14,16-17H,3-8,11H2,1-2H3. The van der Waals surface area contributed by atoms with Crippen LogP contribution in [0.15, 0.2) is 18.3 Å². The summed E-state index contributed by atoms with van der Waals surface area (Å²) in [5.41, 5.74) is 2.60. The van der Waals surface area contributed by atoms with Crippen LogP contribution in [-0.4, -0.2) is 18.1 Å². The van der Waals surface area contributed by atoms with Crippen molar-refractivity contribution >= 4 is 0 Å².